The van der Waals surface area contributed by atoms with Crippen molar-refractivity contribution in [3.8, 4) is 0 Å². The molecule has 96 valence electrons. The van der Waals surface area contributed by atoms with E-state index in [4.69, 9.17) is 0 Å². The van der Waals surface area contributed by atoms with Crippen LogP contribution in [0.15, 0.2) is 11.4 Å². The zero-order chi connectivity index (χ0) is 13.5. The summed E-state index contributed by atoms with van der Waals surface area (Å²) < 4.78 is 23.1. The highest BCUT2D eigenvalue weighted by molar-refractivity contribution is 7.90. The van der Waals surface area contributed by atoms with Crippen LogP contribution in [0.4, 0.5) is 0 Å². The number of fused-ring (bicyclic) bond motifs is 1. The van der Waals surface area contributed by atoms with E-state index in [0.717, 1.165) is 23.9 Å². The van der Waals surface area contributed by atoms with Gasteiger partial charge in [-0.05, 0) is 0 Å². The molecule has 0 atom stereocenters. The minimum absolute atomic E-state index is 0.148. The maximum atomic E-state index is 11.8. The Labute approximate surface area is 107 Å². The summed E-state index contributed by atoms with van der Waals surface area (Å²) in [7, 11) is -0.304. The van der Waals surface area contributed by atoms with Crippen molar-refractivity contribution in [1.29, 1.82) is 0 Å². The van der Waals surface area contributed by atoms with Crippen LogP contribution < -0.4 is 0 Å². The number of nitrogens with zero attached hydrogens (tertiary/aromatic N) is 4. The summed E-state index contributed by atoms with van der Waals surface area (Å²) in [6.07, 6.45) is 2.20. The van der Waals surface area contributed by atoms with Gasteiger partial charge in [0.15, 0.2) is 19.9 Å². The largest absolute Gasteiger partial charge is 0.343 e. The lowest BCUT2D eigenvalue weighted by Gasteiger charge is -2.05. The maximum Gasteiger partial charge on any atom is 0.282 e. The molecule has 2 rings (SSSR count). The molecule has 0 radical (unpaired) electrons. The fraction of sp³-hybridized carbons (Fsp3) is 0.333. The molecule has 0 N–H and O–H groups in total. The standard InChI is InChI=1S/C9H10N4O3S2/c1-13(2)9(14)7-12-5-6(17-7)10-4-11-8(5)18(3,15)16/h4H,1-3H3. The van der Waals surface area contributed by atoms with Crippen molar-refractivity contribution in [2.24, 2.45) is 0 Å². The minimum Gasteiger partial charge on any atom is -0.343 e. The second kappa shape index (κ2) is 4.25. The lowest BCUT2D eigenvalue weighted by atomic mass is 10.5. The average molecular weight is 286 g/mol. The number of aromatic nitrogens is 3. The van der Waals surface area contributed by atoms with Gasteiger partial charge in [-0.25, -0.2) is 23.4 Å². The number of rotatable bonds is 2. The maximum absolute atomic E-state index is 11.8. The van der Waals surface area contributed by atoms with Crippen molar-refractivity contribution >= 4 is 37.4 Å². The Morgan fingerprint density at radius 3 is 2.56 bits per heavy atom. The molecule has 2 heterocycles. The second-order valence-electron chi connectivity index (χ2n) is 3.82. The molecule has 0 spiro atoms. The first-order valence-corrected chi connectivity index (χ1v) is 7.54. The Morgan fingerprint density at radius 1 is 1.33 bits per heavy atom. The number of sulfone groups is 1. The van der Waals surface area contributed by atoms with Crippen LogP contribution in [0.5, 0.6) is 0 Å². The van der Waals surface area contributed by atoms with Crippen molar-refractivity contribution in [3.05, 3.63) is 11.3 Å². The van der Waals surface area contributed by atoms with Crippen molar-refractivity contribution in [1.82, 2.24) is 19.9 Å². The summed E-state index contributed by atoms with van der Waals surface area (Å²) in [6, 6.07) is 0. The zero-order valence-electron chi connectivity index (χ0n) is 9.91. The summed E-state index contributed by atoms with van der Waals surface area (Å²) in [5.74, 6) is -0.294. The molecule has 0 aliphatic heterocycles. The molecular formula is C9H10N4O3S2. The first kappa shape index (κ1) is 12.8. The molecule has 18 heavy (non-hydrogen) atoms. The SMILES string of the molecule is CN(C)C(=O)c1nc2c(S(C)(=O)=O)ncnc2s1. The highest BCUT2D eigenvalue weighted by Crippen LogP contribution is 2.24. The Balaban J connectivity index is 2.70. The monoisotopic (exact) mass is 286 g/mol. The fourth-order valence-electron chi connectivity index (χ4n) is 1.29. The Bertz CT molecular complexity index is 720. The van der Waals surface area contributed by atoms with E-state index in [2.05, 4.69) is 15.0 Å². The van der Waals surface area contributed by atoms with Gasteiger partial charge in [0.1, 0.15) is 16.7 Å². The van der Waals surface area contributed by atoms with E-state index in [1.54, 1.807) is 14.1 Å². The fourth-order valence-corrected chi connectivity index (χ4v) is 3.01. The van der Waals surface area contributed by atoms with Gasteiger partial charge in [0, 0.05) is 20.4 Å². The molecule has 0 aliphatic carbocycles. The second-order valence-corrected chi connectivity index (χ2v) is 6.73. The van der Waals surface area contributed by atoms with Gasteiger partial charge in [0.2, 0.25) is 0 Å². The lowest BCUT2D eigenvalue weighted by Crippen LogP contribution is -2.21. The van der Waals surface area contributed by atoms with Crippen molar-refractivity contribution in [2.75, 3.05) is 20.4 Å². The molecule has 2 aromatic heterocycles. The summed E-state index contributed by atoms with van der Waals surface area (Å²) in [4.78, 5) is 25.2. The number of carbonyl (C=O) groups excluding carboxylic acids is 1. The Morgan fingerprint density at radius 2 is 2.00 bits per heavy atom. The van der Waals surface area contributed by atoms with Crippen molar-refractivity contribution < 1.29 is 13.2 Å². The van der Waals surface area contributed by atoms with E-state index in [1.807, 2.05) is 0 Å². The van der Waals surface area contributed by atoms with Gasteiger partial charge in [-0.2, -0.15) is 0 Å². The Hall–Kier alpha value is -1.61. The third kappa shape index (κ3) is 2.18. The molecule has 7 nitrogen and oxygen atoms in total. The zero-order valence-corrected chi connectivity index (χ0v) is 11.5. The van der Waals surface area contributed by atoms with Crippen LogP contribution in [0.2, 0.25) is 0 Å². The van der Waals surface area contributed by atoms with Gasteiger partial charge in [0.05, 0.1) is 0 Å². The van der Waals surface area contributed by atoms with Gasteiger partial charge in [-0.15, -0.1) is 0 Å². The van der Waals surface area contributed by atoms with Crippen molar-refractivity contribution in [2.45, 2.75) is 5.03 Å². The van der Waals surface area contributed by atoms with Crippen LogP contribution in [0.1, 0.15) is 9.80 Å². The number of carbonyl (C=O) groups is 1. The topological polar surface area (TPSA) is 93.1 Å². The van der Waals surface area contributed by atoms with Gasteiger partial charge in [0.25, 0.3) is 5.91 Å². The third-order valence-electron chi connectivity index (χ3n) is 2.10. The van der Waals surface area contributed by atoms with Gasteiger partial charge in [-0.1, -0.05) is 11.3 Å². The molecule has 0 unspecified atom stereocenters. The van der Waals surface area contributed by atoms with Gasteiger partial charge >= 0.3 is 0 Å². The average Bonchev–Trinajstić information content (AvgIpc) is 2.69. The highest BCUT2D eigenvalue weighted by atomic mass is 32.2. The smallest absolute Gasteiger partial charge is 0.282 e. The van der Waals surface area contributed by atoms with Crippen LogP contribution >= 0.6 is 11.3 Å². The first-order valence-electron chi connectivity index (χ1n) is 4.84. The number of hydrogen-bond donors (Lipinski definition) is 0. The normalized spacial score (nSPS) is 11.7. The number of thiazole rings is 1. The van der Waals surface area contributed by atoms with Crippen LogP contribution in [0.25, 0.3) is 10.3 Å². The van der Waals surface area contributed by atoms with E-state index < -0.39 is 9.84 Å². The van der Waals surface area contributed by atoms with Crippen LogP contribution in [0.3, 0.4) is 0 Å². The van der Waals surface area contributed by atoms with Gasteiger partial charge < -0.3 is 4.90 Å². The molecule has 0 saturated heterocycles. The summed E-state index contributed by atoms with van der Waals surface area (Å²) in [5.41, 5.74) is 0.148. The highest BCUT2D eigenvalue weighted by Gasteiger charge is 2.21. The molecule has 0 saturated carbocycles. The van der Waals surface area contributed by atoms with E-state index in [0.29, 0.717) is 4.83 Å². The molecule has 0 bridgehead atoms. The molecule has 1 amide bonds. The third-order valence-corrected chi connectivity index (χ3v) is 4.05. The molecule has 0 fully saturated rings. The number of hydrogen-bond acceptors (Lipinski definition) is 7. The van der Waals surface area contributed by atoms with Crippen molar-refractivity contribution in [3.63, 3.8) is 0 Å². The first-order chi connectivity index (χ1) is 8.30. The molecule has 0 aromatic carbocycles. The van der Waals surface area contributed by atoms with Crippen LogP contribution in [0, 0.1) is 0 Å². The Kier molecular flexibility index (Phi) is 3.03. The quantitative estimate of drug-likeness (QED) is 0.732. The lowest BCUT2D eigenvalue weighted by molar-refractivity contribution is 0.0827. The van der Waals surface area contributed by atoms with Gasteiger partial charge in [-0.3, -0.25) is 4.79 Å². The summed E-state index contributed by atoms with van der Waals surface area (Å²) in [6.45, 7) is 0. The van der Waals surface area contributed by atoms with E-state index in [1.165, 1.54) is 4.90 Å². The molecular weight excluding hydrogens is 276 g/mol. The minimum atomic E-state index is -3.49. The van der Waals surface area contributed by atoms with E-state index in [9.17, 15) is 13.2 Å². The van der Waals surface area contributed by atoms with Crippen LogP contribution in [-0.2, 0) is 9.84 Å². The summed E-state index contributed by atoms with van der Waals surface area (Å²) in [5, 5.41) is 0.0435. The van der Waals surface area contributed by atoms with E-state index in [-0.39, 0.29) is 21.5 Å². The predicted molar refractivity (Wildman–Crippen MR) is 66.3 cm³/mol. The van der Waals surface area contributed by atoms with E-state index >= 15 is 0 Å². The predicted octanol–water partition coefficient (Wildman–Crippen LogP) is 0.192. The number of amides is 1. The molecule has 0 aliphatic rings. The van der Waals surface area contributed by atoms with Crippen LogP contribution in [-0.4, -0.2) is 54.5 Å². The molecule has 9 heteroatoms. The molecule has 2 aromatic rings. The summed E-state index contributed by atoms with van der Waals surface area (Å²) >= 11 is 1.05.